The normalized spacial score (nSPS) is 12.8. The second kappa shape index (κ2) is 4.76. The number of aromatic nitrogens is 2. The first-order valence-electron chi connectivity index (χ1n) is 6.75. The number of aryl methyl sites for hydroxylation is 3. The number of para-hydroxylation sites is 1. The van der Waals surface area contributed by atoms with Crippen molar-refractivity contribution in [2.45, 2.75) is 20.0 Å². The van der Waals surface area contributed by atoms with E-state index in [1.165, 1.54) is 0 Å². The molecule has 2 aromatic carbocycles. The third-order valence-corrected chi connectivity index (χ3v) is 3.77. The molecule has 0 aliphatic heterocycles. The summed E-state index contributed by atoms with van der Waals surface area (Å²) in [5, 5.41) is 16.2. The Kier molecular flexibility index (Phi) is 3.07. The zero-order valence-electron chi connectivity index (χ0n) is 12.0. The van der Waals surface area contributed by atoms with Crippen LogP contribution in [0.3, 0.4) is 0 Å². The highest BCUT2D eigenvalue weighted by molar-refractivity contribution is 5.82. The predicted molar refractivity (Wildman–Crippen MR) is 80.7 cm³/mol. The van der Waals surface area contributed by atoms with Gasteiger partial charge in [-0.1, -0.05) is 42.0 Å². The zero-order valence-corrected chi connectivity index (χ0v) is 12.0. The molecule has 1 aromatic heterocycles. The van der Waals surface area contributed by atoms with E-state index >= 15 is 0 Å². The number of hydrogen-bond acceptors (Lipinski definition) is 2. The van der Waals surface area contributed by atoms with Crippen LogP contribution < -0.4 is 0 Å². The second-order valence-electron chi connectivity index (χ2n) is 5.29. The lowest BCUT2D eigenvalue weighted by molar-refractivity contribution is 0.215. The Hall–Kier alpha value is -2.13. The van der Waals surface area contributed by atoms with E-state index in [1.807, 2.05) is 62.0 Å². The largest absolute Gasteiger partial charge is 0.382 e. The van der Waals surface area contributed by atoms with E-state index in [0.29, 0.717) is 0 Å². The number of benzene rings is 2. The van der Waals surface area contributed by atoms with Crippen LogP contribution in [-0.4, -0.2) is 14.9 Å². The fourth-order valence-corrected chi connectivity index (χ4v) is 2.65. The van der Waals surface area contributed by atoms with Crippen LogP contribution in [0.25, 0.3) is 10.9 Å². The first-order valence-corrected chi connectivity index (χ1v) is 6.75. The number of nitrogens with zero attached hydrogens (tertiary/aromatic N) is 2. The Labute approximate surface area is 118 Å². The van der Waals surface area contributed by atoms with Crippen LogP contribution in [0.15, 0.2) is 42.5 Å². The second-order valence-corrected chi connectivity index (χ2v) is 5.29. The molecule has 1 heterocycles. The van der Waals surface area contributed by atoms with Gasteiger partial charge in [0.25, 0.3) is 0 Å². The molecule has 0 saturated heterocycles. The van der Waals surface area contributed by atoms with E-state index in [0.717, 1.165) is 33.3 Å². The lowest BCUT2D eigenvalue weighted by Gasteiger charge is -2.13. The van der Waals surface area contributed by atoms with Crippen molar-refractivity contribution in [2.75, 3.05) is 0 Å². The van der Waals surface area contributed by atoms with Gasteiger partial charge in [0.05, 0.1) is 5.52 Å². The smallest absolute Gasteiger partial charge is 0.124 e. The quantitative estimate of drug-likeness (QED) is 0.773. The van der Waals surface area contributed by atoms with Gasteiger partial charge in [-0.3, -0.25) is 4.68 Å². The van der Waals surface area contributed by atoms with Gasteiger partial charge in [0.15, 0.2) is 0 Å². The average Bonchev–Trinajstić information content (AvgIpc) is 2.79. The summed E-state index contributed by atoms with van der Waals surface area (Å²) in [6, 6.07) is 14.1. The Bertz CT molecular complexity index is 774. The molecule has 0 aliphatic rings. The third kappa shape index (κ3) is 2.00. The molecule has 0 amide bonds. The zero-order chi connectivity index (χ0) is 14.3. The van der Waals surface area contributed by atoms with Gasteiger partial charge in [-0.15, -0.1) is 0 Å². The van der Waals surface area contributed by atoms with Gasteiger partial charge in [-0.2, -0.15) is 5.10 Å². The minimum atomic E-state index is -0.694. The molecule has 1 N–H and O–H groups in total. The van der Waals surface area contributed by atoms with E-state index < -0.39 is 6.10 Å². The molecule has 0 spiro atoms. The molecule has 0 aliphatic carbocycles. The minimum Gasteiger partial charge on any atom is -0.382 e. The van der Waals surface area contributed by atoms with Crippen LogP contribution in [0, 0.1) is 13.8 Å². The molecular formula is C17H18N2O. The minimum absolute atomic E-state index is 0.694. The maximum Gasteiger partial charge on any atom is 0.124 e. The number of aliphatic hydroxyl groups excluding tert-OH is 1. The molecule has 3 rings (SSSR count). The van der Waals surface area contributed by atoms with Crippen LogP contribution in [0.1, 0.15) is 28.5 Å². The van der Waals surface area contributed by atoms with Crippen molar-refractivity contribution in [3.63, 3.8) is 0 Å². The summed E-state index contributed by atoms with van der Waals surface area (Å²) >= 11 is 0. The number of hydrogen-bond donors (Lipinski definition) is 1. The Morgan fingerprint density at radius 3 is 2.65 bits per heavy atom. The highest BCUT2D eigenvalue weighted by Crippen LogP contribution is 2.30. The number of aliphatic hydroxyl groups is 1. The summed E-state index contributed by atoms with van der Waals surface area (Å²) in [4.78, 5) is 0. The molecule has 0 fully saturated rings. The van der Waals surface area contributed by atoms with Crippen molar-refractivity contribution >= 4 is 10.9 Å². The highest BCUT2D eigenvalue weighted by Gasteiger charge is 2.19. The summed E-state index contributed by atoms with van der Waals surface area (Å²) in [6.45, 7) is 4.05. The standard InChI is InChI=1S/C17H18N2O/c1-11-8-9-12(2)14(10-11)17(20)16-13-6-4-5-7-15(13)19(3)18-16/h4-10,17,20H,1-3H3. The maximum atomic E-state index is 10.7. The van der Waals surface area contributed by atoms with E-state index in [1.54, 1.807) is 0 Å². The monoisotopic (exact) mass is 266 g/mol. The number of rotatable bonds is 2. The van der Waals surface area contributed by atoms with E-state index in [4.69, 9.17) is 0 Å². The Morgan fingerprint density at radius 1 is 1.10 bits per heavy atom. The number of fused-ring (bicyclic) bond motifs is 1. The van der Waals surface area contributed by atoms with E-state index in [-0.39, 0.29) is 0 Å². The molecule has 3 nitrogen and oxygen atoms in total. The van der Waals surface area contributed by atoms with Crippen LogP contribution >= 0.6 is 0 Å². The fourth-order valence-electron chi connectivity index (χ4n) is 2.65. The van der Waals surface area contributed by atoms with Gasteiger partial charge in [0.1, 0.15) is 11.8 Å². The average molecular weight is 266 g/mol. The van der Waals surface area contributed by atoms with Crippen LogP contribution in [-0.2, 0) is 7.05 Å². The topological polar surface area (TPSA) is 38.1 Å². The molecule has 1 atom stereocenters. The molecule has 3 heteroatoms. The maximum absolute atomic E-state index is 10.7. The lowest BCUT2D eigenvalue weighted by Crippen LogP contribution is -2.04. The van der Waals surface area contributed by atoms with E-state index in [9.17, 15) is 5.11 Å². The molecule has 0 radical (unpaired) electrons. The first kappa shape index (κ1) is 12.9. The van der Waals surface area contributed by atoms with Crippen molar-refractivity contribution in [1.29, 1.82) is 0 Å². The summed E-state index contributed by atoms with van der Waals surface area (Å²) in [7, 11) is 1.90. The summed E-state index contributed by atoms with van der Waals surface area (Å²) in [6.07, 6.45) is -0.694. The first-order chi connectivity index (χ1) is 9.58. The highest BCUT2D eigenvalue weighted by atomic mass is 16.3. The Morgan fingerprint density at radius 2 is 1.85 bits per heavy atom. The molecule has 0 saturated carbocycles. The van der Waals surface area contributed by atoms with Gasteiger partial charge in [0, 0.05) is 12.4 Å². The van der Waals surface area contributed by atoms with Crippen LogP contribution in [0.2, 0.25) is 0 Å². The molecule has 102 valence electrons. The van der Waals surface area contributed by atoms with E-state index in [2.05, 4.69) is 11.2 Å². The SMILES string of the molecule is Cc1ccc(C)c(C(O)c2nn(C)c3ccccc23)c1. The van der Waals surface area contributed by atoms with Crippen LogP contribution in [0.4, 0.5) is 0 Å². The molecule has 1 unspecified atom stereocenters. The van der Waals surface area contributed by atoms with Crippen molar-refractivity contribution in [3.8, 4) is 0 Å². The van der Waals surface area contributed by atoms with Gasteiger partial charge >= 0.3 is 0 Å². The predicted octanol–water partition coefficient (Wildman–Crippen LogP) is 3.27. The molecule has 0 bridgehead atoms. The summed E-state index contributed by atoms with van der Waals surface area (Å²) in [5.74, 6) is 0. The molecule has 20 heavy (non-hydrogen) atoms. The summed E-state index contributed by atoms with van der Waals surface area (Å²) in [5.41, 5.74) is 4.90. The summed E-state index contributed by atoms with van der Waals surface area (Å²) < 4.78 is 1.82. The lowest BCUT2D eigenvalue weighted by atomic mass is 9.97. The van der Waals surface area contributed by atoms with Crippen molar-refractivity contribution in [1.82, 2.24) is 9.78 Å². The van der Waals surface area contributed by atoms with Crippen molar-refractivity contribution < 1.29 is 5.11 Å². The fraction of sp³-hybridized carbons (Fsp3) is 0.235. The molecular weight excluding hydrogens is 248 g/mol. The Balaban J connectivity index is 2.18. The third-order valence-electron chi connectivity index (χ3n) is 3.77. The van der Waals surface area contributed by atoms with Crippen molar-refractivity contribution in [2.24, 2.45) is 7.05 Å². The van der Waals surface area contributed by atoms with Crippen LogP contribution in [0.5, 0.6) is 0 Å². The van der Waals surface area contributed by atoms with Gasteiger partial charge in [-0.25, -0.2) is 0 Å². The van der Waals surface area contributed by atoms with Gasteiger partial charge < -0.3 is 5.11 Å². The van der Waals surface area contributed by atoms with Crippen molar-refractivity contribution in [3.05, 3.63) is 64.8 Å². The van der Waals surface area contributed by atoms with Gasteiger partial charge in [-0.05, 0) is 31.0 Å². The molecule has 3 aromatic rings. The van der Waals surface area contributed by atoms with Gasteiger partial charge in [0.2, 0.25) is 0 Å².